The van der Waals surface area contributed by atoms with Gasteiger partial charge in [-0.15, -0.1) is 0 Å². The first kappa shape index (κ1) is 16.1. The van der Waals surface area contributed by atoms with Crippen molar-refractivity contribution in [2.24, 2.45) is 5.73 Å². The SMILES string of the molecule is CC(C)c1ccc(C(N)CNC(=O)c2ccncc2F)cc1. The molecular formula is C17H20FN3O. The predicted octanol–water partition coefficient (Wildman–Crippen LogP) is 2.77. The molecule has 1 atom stereocenters. The summed E-state index contributed by atoms with van der Waals surface area (Å²) >= 11 is 0. The van der Waals surface area contributed by atoms with Crippen LogP contribution < -0.4 is 11.1 Å². The predicted molar refractivity (Wildman–Crippen MR) is 84.0 cm³/mol. The summed E-state index contributed by atoms with van der Waals surface area (Å²) in [5.41, 5.74) is 8.20. The van der Waals surface area contributed by atoms with Gasteiger partial charge in [0.1, 0.15) is 0 Å². The molecule has 3 N–H and O–H groups in total. The smallest absolute Gasteiger partial charge is 0.254 e. The molecule has 0 saturated heterocycles. The number of nitrogens with one attached hydrogen (secondary N) is 1. The molecule has 0 fully saturated rings. The van der Waals surface area contributed by atoms with Crippen molar-refractivity contribution in [2.45, 2.75) is 25.8 Å². The maximum atomic E-state index is 13.5. The zero-order chi connectivity index (χ0) is 16.1. The quantitative estimate of drug-likeness (QED) is 0.892. The lowest BCUT2D eigenvalue weighted by Gasteiger charge is -2.14. The van der Waals surface area contributed by atoms with Gasteiger partial charge in [0, 0.05) is 18.8 Å². The Kier molecular flexibility index (Phi) is 5.22. The Morgan fingerprint density at radius 1 is 1.23 bits per heavy atom. The first-order valence-corrected chi connectivity index (χ1v) is 7.22. The molecule has 22 heavy (non-hydrogen) atoms. The van der Waals surface area contributed by atoms with Crippen molar-refractivity contribution >= 4 is 5.91 Å². The number of benzene rings is 1. The first-order valence-electron chi connectivity index (χ1n) is 7.22. The lowest BCUT2D eigenvalue weighted by molar-refractivity contribution is 0.0947. The van der Waals surface area contributed by atoms with E-state index >= 15 is 0 Å². The molecule has 0 saturated carbocycles. The topological polar surface area (TPSA) is 68.0 Å². The fourth-order valence-corrected chi connectivity index (χ4v) is 2.10. The van der Waals surface area contributed by atoms with Crippen molar-refractivity contribution in [3.8, 4) is 0 Å². The first-order chi connectivity index (χ1) is 10.5. The van der Waals surface area contributed by atoms with Gasteiger partial charge in [0.15, 0.2) is 5.82 Å². The largest absolute Gasteiger partial charge is 0.350 e. The van der Waals surface area contributed by atoms with Gasteiger partial charge in [-0.2, -0.15) is 0 Å². The average molecular weight is 301 g/mol. The van der Waals surface area contributed by atoms with Gasteiger partial charge in [-0.25, -0.2) is 4.39 Å². The number of carbonyl (C=O) groups is 1. The fourth-order valence-electron chi connectivity index (χ4n) is 2.10. The molecule has 0 aliphatic heterocycles. The van der Waals surface area contributed by atoms with E-state index in [1.165, 1.54) is 17.8 Å². The Morgan fingerprint density at radius 3 is 2.45 bits per heavy atom. The number of hydrogen-bond acceptors (Lipinski definition) is 3. The van der Waals surface area contributed by atoms with Crippen LogP contribution in [0.2, 0.25) is 0 Å². The van der Waals surface area contributed by atoms with Crippen LogP contribution in [0.3, 0.4) is 0 Å². The van der Waals surface area contributed by atoms with Crippen molar-refractivity contribution in [3.05, 3.63) is 65.2 Å². The van der Waals surface area contributed by atoms with Crippen LogP contribution in [-0.4, -0.2) is 17.4 Å². The summed E-state index contributed by atoms with van der Waals surface area (Å²) in [4.78, 5) is 15.5. The Labute approximate surface area is 129 Å². The number of pyridine rings is 1. The maximum Gasteiger partial charge on any atom is 0.254 e. The molecule has 0 radical (unpaired) electrons. The summed E-state index contributed by atoms with van der Waals surface area (Å²) < 4.78 is 13.5. The molecule has 0 spiro atoms. The van der Waals surface area contributed by atoms with Gasteiger partial charge in [-0.3, -0.25) is 9.78 Å². The highest BCUT2D eigenvalue weighted by Crippen LogP contribution is 2.17. The van der Waals surface area contributed by atoms with Crippen LogP contribution in [0.5, 0.6) is 0 Å². The van der Waals surface area contributed by atoms with Crippen molar-refractivity contribution in [1.82, 2.24) is 10.3 Å². The normalized spacial score (nSPS) is 12.2. The van der Waals surface area contributed by atoms with Gasteiger partial charge in [-0.05, 0) is 23.1 Å². The average Bonchev–Trinajstić information content (AvgIpc) is 2.52. The van der Waals surface area contributed by atoms with Crippen LogP contribution in [0.25, 0.3) is 0 Å². The zero-order valence-electron chi connectivity index (χ0n) is 12.7. The van der Waals surface area contributed by atoms with Gasteiger partial charge < -0.3 is 11.1 Å². The molecule has 2 rings (SSSR count). The number of halogens is 1. The number of nitrogens with two attached hydrogens (primary N) is 1. The minimum atomic E-state index is -0.644. The zero-order valence-corrected chi connectivity index (χ0v) is 12.7. The van der Waals surface area contributed by atoms with E-state index in [-0.39, 0.29) is 18.2 Å². The summed E-state index contributed by atoms with van der Waals surface area (Å²) in [5, 5.41) is 2.64. The van der Waals surface area contributed by atoms with Crippen LogP contribution >= 0.6 is 0 Å². The summed E-state index contributed by atoms with van der Waals surface area (Å²) in [7, 11) is 0. The van der Waals surface area contributed by atoms with E-state index in [0.717, 1.165) is 11.8 Å². The third-order valence-electron chi connectivity index (χ3n) is 3.53. The third-order valence-corrected chi connectivity index (χ3v) is 3.53. The third kappa shape index (κ3) is 3.89. The van der Waals surface area contributed by atoms with Gasteiger partial charge in [-0.1, -0.05) is 38.1 Å². The molecule has 4 nitrogen and oxygen atoms in total. The van der Waals surface area contributed by atoms with E-state index in [1.54, 1.807) is 0 Å². The Morgan fingerprint density at radius 2 is 1.86 bits per heavy atom. The molecule has 1 aromatic heterocycles. The second-order valence-corrected chi connectivity index (χ2v) is 5.49. The number of carbonyl (C=O) groups excluding carboxylic acids is 1. The lowest BCUT2D eigenvalue weighted by atomic mass is 9.99. The minimum absolute atomic E-state index is 0.0302. The molecule has 0 aliphatic carbocycles. The second kappa shape index (κ2) is 7.13. The number of nitrogens with zero attached hydrogens (tertiary/aromatic N) is 1. The van der Waals surface area contributed by atoms with Crippen molar-refractivity contribution < 1.29 is 9.18 Å². The van der Waals surface area contributed by atoms with Crippen LogP contribution in [0.15, 0.2) is 42.7 Å². The van der Waals surface area contributed by atoms with E-state index in [0.29, 0.717) is 5.92 Å². The molecular weight excluding hydrogens is 281 g/mol. The molecule has 1 heterocycles. The Balaban J connectivity index is 1.96. The van der Waals surface area contributed by atoms with E-state index in [9.17, 15) is 9.18 Å². The van der Waals surface area contributed by atoms with Crippen LogP contribution in [0.4, 0.5) is 4.39 Å². The van der Waals surface area contributed by atoms with E-state index in [2.05, 4.69) is 24.1 Å². The Bertz CT molecular complexity index is 641. The van der Waals surface area contributed by atoms with Crippen molar-refractivity contribution in [1.29, 1.82) is 0 Å². The standard InChI is InChI=1S/C17H20FN3O/c1-11(2)12-3-5-13(6-4-12)16(19)10-21-17(22)14-7-8-20-9-15(14)18/h3-9,11,16H,10,19H2,1-2H3,(H,21,22). The molecule has 116 valence electrons. The van der Waals surface area contributed by atoms with Crippen LogP contribution in [-0.2, 0) is 0 Å². The van der Waals surface area contributed by atoms with E-state index < -0.39 is 11.7 Å². The number of hydrogen-bond donors (Lipinski definition) is 2. The molecule has 0 aliphatic rings. The summed E-state index contributed by atoms with van der Waals surface area (Å²) in [6.07, 6.45) is 2.39. The fraction of sp³-hybridized carbons (Fsp3) is 0.294. The minimum Gasteiger partial charge on any atom is -0.350 e. The van der Waals surface area contributed by atoms with Gasteiger partial charge in [0.25, 0.3) is 5.91 Å². The number of rotatable bonds is 5. The molecule has 1 aromatic carbocycles. The number of amides is 1. The second-order valence-electron chi connectivity index (χ2n) is 5.49. The highest BCUT2D eigenvalue weighted by atomic mass is 19.1. The van der Waals surface area contributed by atoms with Crippen LogP contribution in [0.1, 0.15) is 47.3 Å². The number of aromatic nitrogens is 1. The van der Waals surface area contributed by atoms with Gasteiger partial charge in [0.2, 0.25) is 0 Å². The summed E-state index contributed by atoms with van der Waals surface area (Å²) in [6, 6.07) is 8.98. The lowest BCUT2D eigenvalue weighted by Crippen LogP contribution is -2.32. The molecule has 5 heteroatoms. The molecule has 0 bridgehead atoms. The van der Waals surface area contributed by atoms with Gasteiger partial charge >= 0.3 is 0 Å². The monoisotopic (exact) mass is 301 g/mol. The Hall–Kier alpha value is -2.27. The van der Waals surface area contributed by atoms with E-state index in [4.69, 9.17) is 5.73 Å². The highest BCUT2D eigenvalue weighted by molar-refractivity contribution is 5.94. The maximum absolute atomic E-state index is 13.5. The van der Waals surface area contributed by atoms with Crippen LogP contribution in [0, 0.1) is 5.82 Å². The molecule has 1 amide bonds. The highest BCUT2D eigenvalue weighted by Gasteiger charge is 2.13. The van der Waals surface area contributed by atoms with Crippen molar-refractivity contribution in [3.63, 3.8) is 0 Å². The summed E-state index contributed by atoms with van der Waals surface area (Å²) in [6.45, 7) is 4.48. The van der Waals surface area contributed by atoms with Gasteiger partial charge in [0.05, 0.1) is 11.8 Å². The molecule has 1 unspecified atom stereocenters. The molecule has 2 aromatic rings. The van der Waals surface area contributed by atoms with Crippen molar-refractivity contribution in [2.75, 3.05) is 6.54 Å². The summed E-state index contributed by atoms with van der Waals surface area (Å²) in [5.74, 6) is -0.677. The van der Waals surface area contributed by atoms with E-state index in [1.807, 2.05) is 24.3 Å².